The van der Waals surface area contributed by atoms with E-state index in [-0.39, 0.29) is 23.5 Å². The molecule has 0 aliphatic carbocycles. The Morgan fingerprint density at radius 2 is 2.10 bits per heavy atom. The van der Waals surface area contributed by atoms with E-state index in [1.807, 2.05) is 0 Å². The number of nitrogens with two attached hydrogens (primary N) is 1. The number of rotatable bonds is 4. The van der Waals surface area contributed by atoms with E-state index in [1.54, 1.807) is 18.2 Å². The number of nitrogens with one attached hydrogen (secondary N) is 1. The quantitative estimate of drug-likeness (QED) is 0.802. The van der Waals surface area contributed by atoms with Gasteiger partial charge in [0.1, 0.15) is 11.6 Å². The fourth-order valence-corrected chi connectivity index (χ4v) is 2.11. The third-order valence-electron chi connectivity index (χ3n) is 2.79. The normalized spacial score (nSPS) is 10.3. The smallest absolute Gasteiger partial charge is 0.248 e. The van der Waals surface area contributed by atoms with Gasteiger partial charge < -0.3 is 16.2 Å². The minimum Gasteiger partial charge on any atom is -0.506 e. The third kappa shape index (κ3) is 3.08. The van der Waals surface area contributed by atoms with Crippen LogP contribution in [0, 0.1) is 5.82 Å². The molecule has 2 aromatic rings. The van der Waals surface area contributed by atoms with Gasteiger partial charge in [0.15, 0.2) is 0 Å². The average Bonchev–Trinajstić information content (AvgIpc) is 2.41. The van der Waals surface area contributed by atoms with E-state index in [0.29, 0.717) is 10.0 Å². The van der Waals surface area contributed by atoms with E-state index in [2.05, 4.69) is 21.2 Å². The fourth-order valence-electron chi connectivity index (χ4n) is 1.71. The van der Waals surface area contributed by atoms with E-state index in [0.717, 1.165) is 0 Å². The SMILES string of the molecule is NC(=O)c1ccc(F)c(NCc2cccc(Br)c2O)c1. The van der Waals surface area contributed by atoms with Crippen LogP contribution in [0.4, 0.5) is 10.1 Å². The third-order valence-corrected chi connectivity index (χ3v) is 3.43. The minimum absolute atomic E-state index is 0.0893. The molecule has 0 atom stereocenters. The van der Waals surface area contributed by atoms with Crippen molar-refractivity contribution in [2.24, 2.45) is 5.73 Å². The standard InChI is InChI=1S/C14H12BrFN2O2/c15-10-3-1-2-9(13(10)19)7-18-12-6-8(14(17)20)4-5-11(12)16/h1-6,18-19H,7H2,(H2,17,20). The summed E-state index contributed by atoms with van der Waals surface area (Å²) in [5, 5.41) is 12.7. The Balaban J connectivity index is 2.20. The van der Waals surface area contributed by atoms with Crippen molar-refractivity contribution in [3.63, 3.8) is 0 Å². The fraction of sp³-hybridized carbons (Fsp3) is 0.0714. The molecule has 4 N–H and O–H groups in total. The van der Waals surface area contributed by atoms with Gasteiger partial charge in [-0.05, 0) is 40.2 Å². The highest BCUT2D eigenvalue weighted by molar-refractivity contribution is 9.10. The predicted octanol–water partition coefficient (Wildman–Crippen LogP) is 3.00. The second-order valence-electron chi connectivity index (χ2n) is 4.16. The number of anilines is 1. The van der Waals surface area contributed by atoms with Crippen molar-refractivity contribution in [2.75, 3.05) is 5.32 Å². The maximum absolute atomic E-state index is 13.6. The molecule has 0 aliphatic rings. The van der Waals surface area contributed by atoms with Gasteiger partial charge in [0.2, 0.25) is 5.91 Å². The van der Waals surface area contributed by atoms with Crippen molar-refractivity contribution in [1.29, 1.82) is 0 Å². The first kappa shape index (κ1) is 14.3. The number of carbonyl (C=O) groups excluding carboxylic acids is 1. The lowest BCUT2D eigenvalue weighted by Crippen LogP contribution is -2.12. The number of para-hydroxylation sites is 1. The summed E-state index contributed by atoms with van der Waals surface area (Å²) >= 11 is 3.20. The van der Waals surface area contributed by atoms with Gasteiger partial charge in [-0.25, -0.2) is 4.39 Å². The zero-order valence-corrected chi connectivity index (χ0v) is 11.9. The van der Waals surface area contributed by atoms with Gasteiger partial charge in [-0.1, -0.05) is 12.1 Å². The molecular weight excluding hydrogens is 327 g/mol. The van der Waals surface area contributed by atoms with Gasteiger partial charge in [-0.15, -0.1) is 0 Å². The lowest BCUT2D eigenvalue weighted by molar-refractivity contribution is 0.100. The number of phenols is 1. The largest absolute Gasteiger partial charge is 0.506 e. The summed E-state index contributed by atoms with van der Waals surface area (Å²) in [7, 11) is 0. The summed E-state index contributed by atoms with van der Waals surface area (Å²) in [5.41, 5.74) is 6.12. The van der Waals surface area contributed by atoms with Crippen LogP contribution < -0.4 is 11.1 Å². The number of benzene rings is 2. The number of halogens is 2. The first-order chi connectivity index (χ1) is 9.49. The van der Waals surface area contributed by atoms with Crippen molar-refractivity contribution < 1.29 is 14.3 Å². The van der Waals surface area contributed by atoms with Crippen LogP contribution in [-0.2, 0) is 6.54 Å². The zero-order chi connectivity index (χ0) is 14.7. The van der Waals surface area contributed by atoms with Crippen LogP contribution in [0.3, 0.4) is 0 Å². The number of carbonyl (C=O) groups is 1. The highest BCUT2D eigenvalue weighted by atomic mass is 79.9. The predicted molar refractivity (Wildman–Crippen MR) is 78.1 cm³/mol. The van der Waals surface area contributed by atoms with Crippen molar-refractivity contribution in [3.8, 4) is 5.75 Å². The number of phenolic OH excluding ortho intramolecular Hbond substituents is 1. The number of hydrogen-bond donors (Lipinski definition) is 3. The molecule has 0 aliphatic heterocycles. The second kappa shape index (κ2) is 5.92. The Bertz CT molecular complexity index is 662. The Kier molecular flexibility index (Phi) is 4.24. The number of hydrogen-bond acceptors (Lipinski definition) is 3. The summed E-state index contributed by atoms with van der Waals surface area (Å²) in [6, 6.07) is 9.00. The number of primary amides is 1. The summed E-state index contributed by atoms with van der Waals surface area (Å²) in [6.07, 6.45) is 0. The summed E-state index contributed by atoms with van der Waals surface area (Å²) < 4.78 is 14.2. The molecule has 0 saturated heterocycles. The van der Waals surface area contributed by atoms with E-state index in [9.17, 15) is 14.3 Å². The molecule has 20 heavy (non-hydrogen) atoms. The molecule has 0 radical (unpaired) electrons. The Morgan fingerprint density at radius 3 is 2.80 bits per heavy atom. The monoisotopic (exact) mass is 338 g/mol. The van der Waals surface area contributed by atoms with Crippen LogP contribution in [0.5, 0.6) is 5.75 Å². The van der Waals surface area contributed by atoms with Crippen molar-refractivity contribution in [3.05, 3.63) is 57.8 Å². The topological polar surface area (TPSA) is 75.4 Å². The van der Waals surface area contributed by atoms with Crippen molar-refractivity contribution in [1.82, 2.24) is 0 Å². The molecule has 2 rings (SSSR count). The highest BCUT2D eigenvalue weighted by Gasteiger charge is 2.09. The molecule has 0 bridgehead atoms. The number of amides is 1. The molecule has 1 amide bonds. The van der Waals surface area contributed by atoms with Gasteiger partial charge in [-0.3, -0.25) is 4.79 Å². The van der Waals surface area contributed by atoms with Gasteiger partial charge in [-0.2, -0.15) is 0 Å². The molecule has 0 heterocycles. The molecule has 0 aromatic heterocycles. The number of aromatic hydroxyl groups is 1. The van der Waals surface area contributed by atoms with Gasteiger partial charge in [0.25, 0.3) is 0 Å². The molecule has 0 saturated carbocycles. The maximum atomic E-state index is 13.6. The molecule has 0 fully saturated rings. The molecule has 4 nitrogen and oxygen atoms in total. The molecule has 2 aromatic carbocycles. The molecular formula is C14H12BrFN2O2. The van der Waals surface area contributed by atoms with E-state index in [4.69, 9.17) is 5.73 Å². The van der Waals surface area contributed by atoms with Gasteiger partial charge in [0, 0.05) is 17.7 Å². The first-order valence-corrected chi connectivity index (χ1v) is 6.58. The minimum atomic E-state index is -0.627. The maximum Gasteiger partial charge on any atom is 0.248 e. The van der Waals surface area contributed by atoms with Crippen LogP contribution in [0.25, 0.3) is 0 Å². The Labute approximate surface area is 123 Å². The lowest BCUT2D eigenvalue weighted by atomic mass is 10.1. The van der Waals surface area contributed by atoms with Crippen LogP contribution in [0.15, 0.2) is 40.9 Å². The molecule has 0 unspecified atom stereocenters. The van der Waals surface area contributed by atoms with Gasteiger partial charge in [0.05, 0.1) is 10.2 Å². The molecule has 104 valence electrons. The Morgan fingerprint density at radius 1 is 1.35 bits per heavy atom. The van der Waals surface area contributed by atoms with Crippen LogP contribution in [0.1, 0.15) is 15.9 Å². The van der Waals surface area contributed by atoms with Crippen LogP contribution >= 0.6 is 15.9 Å². The van der Waals surface area contributed by atoms with E-state index >= 15 is 0 Å². The highest BCUT2D eigenvalue weighted by Crippen LogP contribution is 2.28. The van der Waals surface area contributed by atoms with Crippen LogP contribution in [-0.4, -0.2) is 11.0 Å². The summed E-state index contributed by atoms with van der Waals surface area (Å²) in [4.78, 5) is 11.1. The molecule has 6 heteroatoms. The first-order valence-electron chi connectivity index (χ1n) is 5.78. The lowest BCUT2D eigenvalue weighted by Gasteiger charge is -2.10. The summed E-state index contributed by atoms with van der Waals surface area (Å²) in [6.45, 7) is 0.213. The van der Waals surface area contributed by atoms with Crippen LogP contribution in [0.2, 0.25) is 0 Å². The van der Waals surface area contributed by atoms with Crippen molar-refractivity contribution in [2.45, 2.75) is 6.54 Å². The molecule has 0 spiro atoms. The van der Waals surface area contributed by atoms with E-state index in [1.165, 1.54) is 18.2 Å². The summed E-state index contributed by atoms with van der Waals surface area (Å²) in [5.74, 6) is -1.03. The Hall–Kier alpha value is -2.08. The second-order valence-corrected chi connectivity index (χ2v) is 5.01. The van der Waals surface area contributed by atoms with Crippen molar-refractivity contribution >= 4 is 27.5 Å². The van der Waals surface area contributed by atoms with Gasteiger partial charge >= 0.3 is 0 Å². The van der Waals surface area contributed by atoms with E-state index < -0.39 is 11.7 Å². The zero-order valence-electron chi connectivity index (χ0n) is 10.4. The average molecular weight is 339 g/mol.